The molecule has 1 N–H and O–H groups in total. The highest BCUT2D eigenvalue weighted by Gasteiger charge is 2.14. The van der Waals surface area contributed by atoms with Gasteiger partial charge in [-0.3, -0.25) is 0 Å². The van der Waals surface area contributed by atoms with Gasteiger partial charge in [-0.1, -0.05) is 50.1 Å². The highest BCUT2D eigenvalue weighted by molar-refractivity contribution is 9.09. The van der Waals surface area contributed by atoms with Crippen LogP contribution in [0.15, 0.2) is 58.8 Å². The number of rotatable bonds is 8. The van der Waals surface area contributed by atoms with Crippen LogP contribution in [0.2, 0.25) is 0 Å². The summed E-state index contributed by atoms with van der Waals surface area (Å²) in [6.45, 7) is 1.57. The van der Waals surface area contributed by atoms with Crippen LogP contribution >= 0.6 is 31.9 Å². The summed E-state index contributed by atoms with van der Waals surface area (Å²) in [5.74, 6) is -1.02. The Labute approximate surface area is 157 Å². The lowest BCUT2D eigenvalue weighted by atomic mass is 10.1. The van der Waals surface area contributed by atoms with E-state index < -0.39 is 5.97 Å². The zero-order valence-corrected chi connectivity index (χ0v) is 16.1. The average Bonchev–Trinajstić information content (AvgIpc) is 2.60. The largest absolute Gasteiger partial charge is 0.478 e. The number of nitrogens with zero attached hydrogens (tertiary/aromatic N) is 3. The van der Waals surface area contributed by atoms with E-state index in [0.29, 0.717) is 11.4 Å². The third kappa shape index (κ3) is 5.14. The quantitative estimate of drug-likeness (QED) is 0.429. The Morgan fingerprint density at radius 1 is 1.00 bits per heavy atom. The van der Waals surface area contributed by atoms with Gasteiger partial charge in [0.15, 0.2) is 0 Å². The molecular weight excluding hydrogens is 438 g/mol. The fraction of sp³-hybridized carbons (Fsp3) is 0.235. The third-order valence-corrected chi connectivity index (χ3v) is 4.02. The van der Waals surface area contributed by atoms with Crippen molar-refractivity contribution in [3.05, 3.63) is 54.1 Å². The Balaban J connectivity index is 2.32. The van der Waals surface area contributed by atoms with E-state index in [1.54, 1.807) is 12.1 Å². The Bertz CT molecular complexity index is 702. The van der Waals surface area contributed by atoms with Crippen molar-refractivity contribution < 1.29 is 9.90 Å². The number of carboxylic acid groups (broad SMARTS) is 1. The second-order valence-corrected chi connectivity index (χ2v) is 6.49. The molecule has 0 fully saturated rings. The van der Waals surface area contributed by atoms with Gasteiger partial charge in [-0.15, -0.1) is 5.11 Å². The van der Waals surface area contributed by atoms with E-state index in [2.05, 4.69) is 47.0 Å². The fourth-order valence-electron chi connectivity index (χ4n) is 2.16. The molecule has 126 valence electrons. The summed E-state index contributed by atoms with van der Waals surface area (Å²) >= 11 is 6.85. The number of hydrogen-bond donors (Lipinski definition) is 1. The maximum atomic E-state index is 11.6. The Morgan fingerprint density at radius 3 is 2.25 bits per heavy atom. The van der Waals surface area contributed by atoms with Crippen molar-refractivity contribution in [2.24, 2.45) is 10.2 Å². The number of halogens is 2. The lowest BCUT2D eigenvalue weighted by Crippen LogP contribution is -2.27. The number of carbonyl (C=O) groups is 1. The fourth-order valence-corrected chi connectivity index (χ4v) is 3.02. The zero-order valence-electron chi connectivity index (χ0n) is 12.9. The van der Waals surface area contributed by atoms with Crippen molar-refractivity contribution in [2.45, 2.75) is 0 Å². The van der Waals surface area contributed by atoms with Crippen LogP contribution in [0, 0.1) is 0 Å². The van der Waals surface area contributed by atoms with Crippen molar-refractivity contribution in [3.63, 3.8) is 0 Å². The van der Waals surface area contributed by atoms with Crippen molar-refractivity contribution in [1.82, 2.24) is 0 Å². The highest BCUT2D eigenvalue weighted by Crippen LogP contribution is 2.27. The first-order valence-electron chi connectivity index (χ1n) is 7.36. The molecule has 0 aromatic heterocycles. The lowest BCUT2D eigenvalue weighted by Gasteiger charge is -2.23. The molecule has 0 bridgehead atoms. The average molecular weight is 455 g/mol. The molecule has 0 radical (unpaired) electrons. The predicted molar refractivity (Wildman–Crippen MR) is 104 cm³/mol. The van der Waals surface area contributed by atoms with Gasteiger partial charge in [0, 0.05) is 29.4 Å². The van der Waals surface area contributed by atoms with Crippen molar-refractivity contribution in [2.75, 3.05) is 28.6 Å². The molecular formula is C17H17Br2N3O2. The summed E-state index contributed by atoms with van der Waals surface area (Å²) in [6, 6.07) is 14.4. The molecule has 0 aliphatic heterocycles. The molecule has 5 nitrogen and oxygen atoms in total. The third-order valence-electron chi connectivity index (χ3n) is 3.31. The van der Waals surface area contributed by atoms with Gasteiger partial charge in [0.25, 0.3) is 0 Å². The maximum absolute atomic E-state index is 11.6. The monoisotopic (exact) mass is 453 g/mol. The summed E-state index contributed by atoms with van der Waals surface area (Å²) in [6.07, 6.45) is 0. The van der Waals surface area contributed by atoms with Gasteiger partial charge in [0.2, 0.25) is 0 Å². The first-order valence-corrected chi connectivity index (χ1v) is 9.61. The van der Waals surface area contributed by atoms with Crippen molar-refractivity contribution in [3.8, 4) is 0 Å². The maximum Gasteiger partial charge on any atom is 0.338 e. The Kier molecular flexibility index (Phi) is 7.39. The highest BCUT2D eigenvalue weighted by atomic mass is 79.9. The number of hydrogen-bond acceptors (Lipinski definition) is 4. The van der Waals surface area contributed by atoms with Gasteiger partial charge >= 0.3 is 5.97 Å². The second-order valence-electron chi connectivity index (χ2n) is 4.91. The van der Waals surface area contributed by atoms with Crippen LogP contribution in [0.3, 0.4) is 0 Å². The number of carboxylic acids is 1. The van der Waals surface area contributed by atoms with Gasteiger partial charge in [0.05, 0.1) is 11.3 Å². The number of alkyl halides is 2. The Hall–Kier alpha value is -1.73. The molecule has 2 aromatic rings. The van der Waals surface area contributed by atoms with Crippen LogP contribution in [0.5, 0.6) is 0 Å². The molecule has 0 saturated heterocycles. The van der Waals surface area contributed by atoms with Gasteiger partial charge in [-0.25, -0.2) is 4.79 Å². The summed E-state index contributed by atoms with van der Waals surface area (Å²) < 4.78 is 0. The zero-order chi connectivity index (χ0) is 17.4. The summed E-state index contributed by atoms with van der Waals surface area (Å²) in [7, 11) is 0. The molecule has 0 saturated carbocycles. The minimum atomic E-state index is -1.02. The van der Waals surface area contributed by atoms with Crippen LogP contribution in [0.25, 0.3) is 0 Å². The minimum Gasteiger partial charge on any atom is -0.478 e. The molecule has 0 amide bonds. The van der Waals surface area contributed by atoms with E-state index in [9.17, 15) is 9.90 Å². The van der Waals surface area contributed by atoms with E-state index >= 15 is 0 Å². The number of benzene rings is 2. The van der Waals surface area contributed by atoms with E-state index in [4.69, 9.17) is 0 Å². The van der Waals surface area contributed by atoms with Gasteiger partial charge in [0.1, 0.15) is 5.69 Å². The van der Waals surface area contributed by atoms with Crippen molar-refractivity contribution in [1.29, 1.82) is 0 Å². The second kappa shape index (κ2) is 9.54. The van der Waals surface area contributed by atoms with Crippen LogP contribution < -0.4 is 4.90 Å². The summed E-state index contributed by atoms with van der Waals surface area (Å²) in [5, 5.41) is 19.3. The SMILES string of the molecule is O=C(O)c1cc(N(CCBr)CCBr)ccc1N=Nc1ccccc1. The van der Waals surface area contributed by atoms with Gasteiger partial charge in [-0.2, -0.15) is 5.11 Å². The first-order chi connectivity index (χ1) is 11.7. The van der Waals surface area contributed by atoms with Crippen LogP contribution in [0.1, 0.15) is 10.4 Å². The molecule has 0 atom stereocenters. The molecule has 24 heavy (non-hydrogen) atoms. The molecule has 2 rings (SSSR count). The first kappa shape index (κ1) is 18.6. The minimum absolute atomic E-state index is 0.140. The molecule has 0 spiro atoms. The molecule has 7 heteroatoms. The van der Waals surface area contributed by atoms with E-state index in [-0.39, 0.29) is 5.56 Å². The predicted octanol–water partition coefficient (Wildman–Crippen LogP) is 5.40. The van der Waals surface area contributed by atoms with E-state index in [1.165, 1.54) is 0 Å². The van der Waals surface area contributed by atoms with Gasteiger partial charge in [-0.05, 0) is 30.3 Å². The summed E-state index contributed by atoms with van der Waals surface area (Å²) in [5.41, 5.74) is 2.01. The van der Waals surface area contributed by atoms with Crippen LogP contribution in [-0.4, -0.2) is 34.8 Å². The molecule has 0 aliphatic carbocycles. The molecule has 2 aromatic carbocycles. The Morgan fingerprint density at radius 2 is 1.67 bits per heavy atom. The number of azo groups is 1. The van der Waals surface area contributed by atoms with Crippen LogP contribution in [-0.2, 0) is 0 Å². The standard InChI is InChI=1S/C17H17Br2N3O2/c18-8-10-22(11-9-19)14-6-7-16(15(12-14)17(23)24)21-20-13-4-2-1-3-5-13/h1-7,12H,8-11H2,(H,23,24). The van der Waals surface area contributed by atoms with E-state index in [0.717, 1.165) is 29.4 Å². The number of anilines is 1. The lowest BCUT2D eigenvalue weighted by molar-refractivity contribution is 0.0698. The smallest absolute Gasteiger partial charge is 0.338 e. The normalized spacial score (nSPS) is 10.9. The van der Waals surface area contributed by atoms with E-state index in [1.807, 2.05) is 36.4 Å². The van der Waals surface area contributed by atoms with Crippen molar-refractivity contribution >= 4 is 54.9 Å². The molecule has 0 heterocycles. The van der Waals surface area contributed by atoms with Gasteiger partial charge < -0.3 is 10.0 Å². The summed E-state index contributed by atoms with van der Waals surface area (Å²) in [4.78, 5) is 13.7. The molecule has 0 aliphatic rings. The molecule has 0 unspecified atom stereocenters. The topological polar surface area (TPSA) is 65.3 Å². The number of aromatic carboxylic acids is 1. The van der Waals surface area contributed by atoms with Crippen LogP contribution in [0.4, 0.5) is 17.1 Å².